The molecule has 0 radical (unpaired) electrons. The molecule has 1 aliphatic heterocycles. The lowest BCUT2D eigenvalue weighted by molar-refractivity contribution is 0.168. The van der Waals surface area contributed by atoms with E-state index < -0.39 is 0 Å². The number of nitrogens with one attached hydrogen (secondary N) is 1. The van der Waals surface area contributed by atoms with Crippen LogP contribution in [0.1, 0.15) is 29.3 Å². The Balaban J connectivity index is 2.24. The SMILES string of the molecule is Cc1ccsc1C(NN)C1=CCCCO1. The number of rotatable bonds is 3. The third kappa shape index (κ3) is 2.22. The second kappa shape index (κ2) is 4.79. The van der Waals surface area contributed by atoms with Gasteiger partial charge in [0.25, 0.3) is 0 Å². The van der Waals surface area contributed by atoms with Gasteiger partial charge in [-0.15, -0.1) is 11.3 Å². The zero-order valence-corrected chi connectivity index (χ0v) is 9.64. The summed E-state index contributed by atoms with van der Waals surface area (Å²) in [7, 11) is 0. The van der Waals surface area contributed by atoms with Crippen molar-refractivity contribution in [1.29, 1.82) is 0 Å². The van der Waals surface area contributed by atoms with Crippen LogP contribution >= 0.6 is 11.3 Å². The molecular weight excluding hydrogens is 208 g/mol. The number of hydrazine groups is 1. The molecule has 2 rings (SSSR count). The van der Waals surface area contributed by atoms with Crippen molar-refractivity contribution in [3.63, 3.8) is 0 Å². The summed E-state index contributed by atoms with van der Waals surface area (Å²) in [5.74, 6) is 6.57. The van der Waals surface area contributed by atoms with Crippen molar-refractivity contribution in [1.82, 2.24) is 5.43 Å². The molecule has 1 aromatic heterocycles. The monoisotopic (exact) mass is 224 g/mol. The number of thiophene rings is 1. The van der Waals surface area contributed by atoms with Gasteiger partial charge in [-0.1, -0.05) is 0 Å². The minimum atomic E-state index is 0.0188. The molecular formula is C11H16N2OS. The quantitative estimate of drug-likeness (QED) is 0.611. The molecule has 0 amide bonds. The second-order valence-electron chi connectivity index (χ2n) is 3.66. The highest BCUT2D eigenvalue weighted by Crippen LogP contribution is 2.31. The molecule has 2 heterocycles. The van der Waals surface area contributed by atoms with Gasteiger partial charge in [0.2, 0.25) is 0 Å². The summed E-state index contributed by atoms with van der Waals surface area (Å²) in [4.78, 5) is 1.24. The van der Waals surface area contributed by atoms with E-state index in [0.717, 1.165) is 25.2 Å². The van der Waals surface area contributed by atoms with Crippen molar-refractivity contribution >= 4 is 11.3 Å². The maximum absolute atomic E-state index is 5.64. The van der Waals surface area contributed by atoms with Crippen molar-refractivity contribution in [2.24, 2.45) is 5.84 Å². The Bertz CT molecular complexity index is 359. The van der Waals surface area contributed by atoms with E-state index in [-0.39, 0.29) is 6.04 Å². The molecule has 4 heteroatoms. The Labute approximate surface area is 93.9 Å². The molecule has 1 aromatic rings. The zero-order chi connectivity index (χ0) is 10.7. The van der Waals surface area contributed by atoms with Crippen LogP contribution in [0.25, 0.3) is 0 Å². The van der Waals surface area contributed by atoms with Gasteiger partial charge >= 0.3 is 0 Å². The molecule has 0 saturated heterocycles. The van der Waals surface area contributed by atoms with Crippen LogP contribution in [0.5, 0.6) is 0 Å². The number of aryl methyl sites for hydroxylation is 1. The standard InChI is InChI=1S/C11H16N2OS/c1-8-5-7-15-11(8)10(13-12)9-4-2-3-6-14-9/h4-5,7,10,13H,2-3,6,12H2,1H3. The first-order chi connectivity index (χ1) is 7.33. The van der Waals surface area contributed by atoms with Gasteiger partial charge in [-0.05, 0) is 42.9 Å². The molecule has 0 aromatic carbocycles. The van der Waals surface area contributed by atoms with Crippen molar-refractivity contribution in [3.8, 4) is 0 Å². The first-order valence-corrected chi connectivity index (χ1v) is 6.04. The van der Waals surface area contributed by atoms with E-state index in [0.29, 0.717) is 0 Å². The number of hydrogen-bond acceptors (Lipinski definition) is 4. The lowest BCUT2D eigenvalue weighted by Crippen LogP contribution is -2.30. The molecule has 0 aliphatic carbocycles. The van der Waals surface area contributed by atoms with Gasteiger partial charge in [0.05, 0.1) is 6.61 Å². The fourth-order valence-electron chi connectivity index (χ4n) is 1.74. The van der Waals surface area contributed by atoms with E-state index in [4.69, 9.17) is 10.6 Å². The summed E-state index contributed by atoms with van der Waals surface area (Å²) in [6, 6.07) is 2.12. The fourth-order valence-corrected chi connectivity index (χ4v) is 2.74. The van der Waals surface area contributed by atoms with E-state index in [1.165, 1.54) is 10.4 Å². The minimum absolute atomic E-state index is 0.0188. The first kappa shape index (κ1) is 10.7. The Kier molecular flexibility index (Phi) is 3.41. The zero-order valence-electron chi connectivity index (χ0n) is 8.82. The van der Waals surface area contributed by atoms with E-state index in [1.807, 2.05) is 0 Å². The first-order valence-electron chi connectivity index (χ1n) is 5.16. The molecule has 0 saturated carbocycles. The Hall–Kier alpha value is -0.840. The summed E-state index contributed by atoms with van der Waals surface area (Å²) < 4.78 is 5.64. The summed E-state index contributed by atoms with van der Waals surface area (Å²) in [5, 5.41) is 2.08. The van der Waals surface area contributed by atoms with Crippen molar-refractivity contribution in [2.45, 2.75) is 25.8 Å². The summed E-state index contributed by atoms with van der Waals surface area (Å²) in [6.45, 7) is 2.90. The molecule has 15 heavy (non-hydrogen) atoms. The highest BCUT2D eigenvalue weighted by molar-refractivity contribution is 7.10. The Morgan fingerprint density at radius 3 is 3.00 bits per heavy atom. The summed E-state index contributed by atoms with van der Waals surface area (Å²) >= 11 is 1.71. The third-order valence-electron chi connectivity index (χ3n) is 2.58. The van der Waals surface area contributed by atoms with Gasteiger partial charge in [0.1, 0.15) is 11.8 Å². The Morgan fingerprint density at radius 2 is 2.47 bits per heavy atom. The number of nitrogens with two attached hydrogens (primary N) is 1. The van der Waals surface area contributed by atoms with Crippen LogP contribution in [-0.4, -0.2) is 6.61 Å². The summed E-state index contributed by atoms with van der Waals surface area (Å²) in [6.07, 6.45) is 4.31. The number of hydrogen-bond donors (Lipinski definition) is 2. The predicted molar refractivity (Wildman–Crippen MR) is 62.4 cm³/mol. The van der Waals surface area contributed by atoms with E-state index >= 15 is 0 Å². The predicted octanol–water partition coefficient (Wildman–Crippen LogP) is 2.26. The smallest absolute Gasteiger partial charge is 0.116 e. The van der Waals surface area contributed by atoms with Crippen LogP contribution in [0.4, 0.5) is 0 Å². The van der Waals surface area contributed by atoms with Gasteiger partial charge in [-0.2, -0.15) is 0 Å². The molecule has 3 nitrogen and oxygen atoms in total. The average Bonchev–Trinajstić information content (AvgIpc) is 2.68. The maximum atomic E-state index is 5.64. The molecule has 82 valence electrons. The Morgan fingerprint density at radius 1 is 1.60 bits per heavy atom. The molecule has 0 fully saturated rings. The van der Waals surface area contributed by atoms with Gasteiger partial charge in [0, 0.05) is 4.88 Å². The largest absolute Gasteiger partial charge is 0.496 e. The second-order valence-corrected chi connectivity index (χ2v) is 4.61. The topological polar surface area (TPSA) is 47.3 Å². The van der Waals surface area contributed by atoms with Crippen LogP contribution in [-0.2, 0) is 4.74 Å². The van der Waals surface area contributed by atoms with E-state index in [2.05, 4.69) is 29.9 Å². The number of allylic oxidation sites excluding steroid dienone is 1. The highest BCUT2D eigenvalue weighted by atomic mass is 32.1. The van der Waals surface area contributed by atoms with Crippen LogP contribution in [0.15, 0.2) is 23.3 Å². The lowest BCUT2D eigenvalue weighted by atomic mass is 10.1. The minimum Gasteiger partial charge on any atom is -0.496 e. The highest BCUT2D eigenvalue weighted by Gasteiger charge is 2.21. The van der Waals surface area contributed by atoms with Crippen LogP contribution < -0.4 is 11.3 Å². The lowest BCUT2D eigenvalue weighted by Gasteiger charge is -2.23. The molecule has 1 unspecified atom stereocenters. The fraction of sp³-hybridized carbons (Fsp3) is 0.455. The van der Waals surface area contributed by atoms with Crippen molar-refractivity contribution in [2.75, 3.05) is 6.61 Å². The van der Waals surface area contributed by atoms with Gasteiger partial charge < -0.3 is 4.74 Å². The summed E-state index contributed by atoms with van der Waals surface area (Å²) in [5.41, 5.74) is 4.09. The van der Waals surface area contributed by atoms with Crippen molar-refractivity contribution in [3.05, 3.63) is 33.7 Å². The molecule has 3 N–H and O–H groups in total. The van der Waals surface area contributed by atoms with Crippen LogP contribution in [0.2, 0.25) is 0 Å². The van der Waals surface area contributed by atoms with Gasteiger partial charge in [0.15, 0.2) is 0 Å². The van der Waals surface area contributed by atoms with Crippen LogP contribution in [0, 0.1) is 6.92 Å². The van der Waals surface area contributed by atoms with E-state index in [1.54, 1.807) is 11.3 Å². The van der Waals surface area contributed by atoms with Crippen LogP contribution in [0.3, 0.4) is 0 Å². The molecule has 0 bridgehead atoms. The molecule has 0 spiro atoms. The third-order valence-corrected chi connectivity index (χ3v) is 3.66. The number of ether oxygens (including phenoxy) is 1. The molecule has 1 aliphatic rings. The maximum Gasteiger partial charge on any atom is 0.116 e. The van der Waals surface area contributed by atoms with Crippen molar-refractivity contribution < 1.29 is 4.74 Å². The normalized spacial score (nSPS) is 18.1. The van der Waals surface area contributed by atoms with Gasteiger partial charge in [-0.25, -0.2) is 5.43 Å². The molecule has 1 atom stereocenters. The van der Waals surface area contributed by atoms with Gasteiger partial charge in [-0.3, -0.25) is 5.84 Å². The average molecular weight is 224 g/mol. The van der Waals surface area contributed by atoms with E-state index in [9.17, 15) is 0 Å².